The molecule has 6 nitrogen and oxygen atoms in total. The van der Waals surface area contributed by atoms with Crippen molar-refractivity contribution in [3.63, 3.8) is 0 Å². The molecule has 9 heteroatoms. The van der Waals surface area contributed by atoms with E-state index in [1.54, 1.807) is 30.5 Å². The Hall–Kier alpha value is -3.88. The molecule has 2 heterocycles. The van der Waals surface area contributed by atoms with Gasteiger partial charge in [-0.1, -0.05) is 24.3 Å². The van der Waals surface area contributed by atoms with E-state index in [4.69, 9.17) is 5.73 Å². The van der Waals surface area contributed by atoms with Gasteiger partial charge in [0, 0.05) is 11.8 Å². The van der Waals surface area contributed by atoms with Crippen LogP contribution in [0.3, 0.4) is 0 Å². The summed E-state index contributed by atoms with van der Waals surface area (Å²) >= 11 is 0. The molecule has 0 unspecified atom stereocenters. The zero-order chi connectivity index (χ0) is 20.6. The molecule has 29 heavy (non-hydrogen) atoms. The molecule has 2 aromatic heterocycles. The number of alkyl halides is 3. The van der Waals surface area contributed by atoms with E-state index in [0.717, 1.165) is 12.1 Å². The number of halogens is 3. The van der Waals surface area contributed by atoms with Gasteiger partial charge in [0.15, 0.2) is 5.65 Å². The molecule has 0 bridgehead atoms. The summed E-state index contributed by atoms with van der Waals surface area (Å²) in [5, 5.41) is 6.83. The van der Waals surface area contributed by atoms with Crippen LogP contribution >= 0.6 is 0 Å². The van der Waals surface area contributed by atoms with Crippen LogP contribution in [0, 0.1) is 0 Å². The van der Waals surface area contributed by atoms with Gasteiger partial charge in [0.25, 0.3) is 5.91 Å². The van der Waals surface area contributed by atoms with E-state index in [2.05, 4.69) is 15.4 Å². The average molecular weight is 397 g/mol. The first-order valence-electron chi connectivity index (χ1n) is 8.51. The number of hydrogen-bond acceptors (Lipinski definition) is 4. The molecule has 0 aliphatic carbocycles. The molecule has 3 N–H and O–H groups in total. The topological polar surface area (TPSA) is 85.3 Å². The van der Waals surface area contributed by atoms with E-state index in [9.17, 15) is 18.0 Å². The summed E-state index contributed by atoms with van der Waals surface area (Å²) in [5.74, 6) is -0.468. The van der Waals surface area contributed by atoms with Crippen LogP contribution in [0.4, 0.5) is 24.5 Å². The number of fused-ring (bicyclic) bond motifs is 1. The van der Waals surface area contributed by atoms with E-state index >= 15 is 0 Å². The fourth-order valence-corrected chi connectivity index (χ4v) is 2.83. The maximum atomic E-state index is 12.8. The number of nitrogens with two attached hydrogens (primary N) is 1. The second-order valence-corrected chi connectivity index (χ2v) is 6.26. The number of aromatic nitrogens is 3. The van der Waals surface area contributed by atoms with Crippen LogP contribution in [-0.4, -0.2) is 20.5 Å². The summed E-state index contributed by atoms with van der Waals surface area (Å²) < 4.78 is 39.8. The highest BCUT2D eigenvalue weighted by Gasteiger charge is 2.30. The van der Waals surface area contributed by atoms with Gasteiger partial charge in [-0.15, -0.1) is 0 Å². The van der Waals surface area contributed by atoms with Crippen LogP contribution in [0.25, 0.3) is 16.8 Å². The Labute approximate surface area is 162 Å². The highest BCUT2D eigenvalue weighted by molar-refractivity contribution is 6.04. The zero-order valence-electron chi connectivity index (χ0n) is 14.8. The van der Waals surface area contributed by atoms with Gasteiger partial charge in [0.2, 0.25) is 0 Å². The number of carbonyl (C=O) groups excluding carboxylic acids is 1. The molecule has 0 aliphatic rings. The molecule has 0 spiro atoms. The Morgan fingerprint density at radius 3 is 2.45 bits per heavy atom. The second kappa shape index (κ2) is 6.93. The van der Waals surface area contributed by atoms with Crippen molar-refractivity contribution in [2.75, 3.05) is 11.1 Å². The number of amides is 1. The normalized spacial score (nSPS) is 11.6. The Kier molecular flexibility index (Phi) is 4.42. The van der Waals surface area contributed by atoms with E-state index in [1.165, 1.54) is 28.9 Å². The van der Waals surface area contributed by atoms with Crippen molar-refractivity contribution in [3.8, 4) is 11.1 Å². The number of nitrogens with zero attached hydrogens (tertiary/aromatic N) is 3. The fourth-order valence-electron chi connectivity index (χ4n) is 2.83. The van der Waals surface area contributed by atoms with Gasteiger partial charge in [-0.05, 0) is 35.9 Å². The number of para-hydroxylation sites is 2. The summed E-state index contributed by atoms with van der Waals surface area (Å²) in [6, 6.07) is 13.0. The van der Waals surface area contributed by atoms with Crippen molar-refractivity contribution in [1.82, 2.24) is 14.6 Å². The van der Waals surface area contributed by atoms with E-state index < -0.39 is 17.6 Å². The molecule has 4 aromatic rings. The van der Waals surface area contributed by atoms with Gasteiger partial charge < -0.3 is 11.1 Å². The monoisotopic (exact) mass is 397 g/mol. The maximum Gasteiger partial charge on any atom is 0.416 e. The first-order chi connectivity index (χ1) is 13.8. The molecule has 0 fully saturated rings. The van der Waals surface area contributed by atoms with Gasteiger partial charge in [0.05, 0.1) is 23.1 Å². The predicted octanol–water partition coefficient (Wildman–Crippen LogP) is 4.25. The van der Waals surface area contributed by atoms with Crippen LogP contribution < -0.4 is 11.1 Å². The first kappa shape index (κ1) is 18.5. The fraction of sp³-hybridized carbons (Fsp3) is 0.0500. The van der Waals surface area contributed by atoms with Gasteiger partial charge in [-0.2, -0.15) is 18.3 Å². The van der Waals surface area contributed by atoms with E-state index in [0.29, 0.717) is 28.1 Å². The van der Waals surface area contributed by atoms with Gasteiger partial charge in [-0.25, -0.2) is 9.50 Å². The van der Waals surface area contributed by atoms with Crippen molar-refractivity contribution in [2.45, 2.75) is 6.18 Å². The largest absolute Gasteiger partial charge is 0.416 e. The molecule has 4 rings (SSSR count). The summed E-state index contributed by atoms with van der Waals surface area (Å²) in [5.41, 5.74) is 7.44. The lowest BCUT2D eigenvalue weighted by Crippen LogP contribution is -2.15. The minimum atomic E-state index is -4.41. The van der Waals surface area contributed by atoms with Crippen molar-refractivity contribution in [2.24, 2.45) is 0 Å². The highest BCUT2D eigenvalue weighted by atomic mass is 19.4. The van der Waals surface area contributed by atoms with Crippen LogP contribution in [0.5, 0.6) is 0 Å². The molecular formula is C20H14F3N5O. The standard InChI is InChI=1S/C20H14F3N5O/c21-20(22,23)13-7-5-12(6-8-13)14-11-25-28-10-9-17(26-18(14)28)19(29)27-16-4-2-1-3-15(16)24/h1-11H,24H2,(H,27,29). The van der Waals surface area contributed by atoms with Crippen LogP contribution in [0.1, 0.15) is 16.1 Å². The Balaban J connectivity index is 1.68. The predicted molar refractivity (Wildman–Crippen MR) is 102 cm³/mol. The number of nitrogens with one attached hydrogen (secondary N) is 1. The number of benzene rings is 2. The van der Waals surface area contributed by atoms with E-state index in [1.807, 2.05) is 0 Å². The average Bonchev–Trinajstić information content (AvgIpc) is 3.12. The molecule has 0 atom stereocenters. The van der Waals surface area contributed by atoms with Crippen LogP contribution in [0.2, 0.25) is 0 Å². The summed E-state index contributed by atoms with van der Waals surface area (Å²) in [6.45, 7) is 0. The molecule has 2 aromatic carbocycles. The Morgan fingerprint density at radius 1 is 1.03 bits per heavy atom. The lowest BCUT2D eigenvalue weighted by Gasteiger charge is -2.08. The van der Waals surface area contributed by atoms with Crippen molar-refractivity contribution in [1.29, 1.82) is 0 Å². The number of carbonyl (C=O) groups is 1. The second-order valence-electron chi connectivity index (χ2n) is 6.26. The third-order valence-electron chi connectivity index (χ3n) is 4.33. The van der Waals surface area contributed by atoms with Crippen molar-refractivity contribution < 1.29 is 18.0 Å². The Bertz CT molecular complexity index is 1200. The summed E-state index contributed by atoms with van der Waals surface area (Å²) in [4.78, 5) is 16.9. The molecule has 1 amide bonds. The van der Waals surface area contributed by atoms with Crippen molar-refractivity contribution in [3.05, 3.63) is 78.2 Å². The molecule has 0 saturated heterocycles. The third-order valence-corrected chi connectivity index (χ3v) is 4.33. The van der Waals surface area contributed by atoms with Gasteiger partial charge in [-0.3, -0.25) is 4.79 Å². The van der Waals surface area contributed by atoms with Crippen LogP contribution in [0.15, 0.2) is 67.0 Å². The third kappa shape index (κ3) is 3.62. The number of rotatable bonds is 3. The maximum absolute atomic E-state index is 12.8. The van der Waals surface area contributed by atoms with E-state index in [-0.39, 0.29) is 5.69 Å². The molecule has 0 saturated carbocycles. The number of hydrogen-bond donors (Lipinski definition) is 2. The summed E-state index contributed by atoms with van der Waals surface area (Å²) in [7, 11) is 0. The molecular weight excluding hydrogens is 383 g/mol. The van der Waals surface area contributed by atoms with Crippen molar-refractivity contribution >= 4 is 22.9 Å². The van der Waals surface area contributed by atoms with Gasteiger partial charge >= 0.3 is 6.18 Å². The van der Waals surface area contributed by atoms with Gasteiger partial charge in [0.1, 0.15) is 5.69 Å². The SMILES string of the molecule is Nc1ccccc1NC(=O)c1ccn2ncc(-c3ccc(C(F)(F)F)cc3)c2n1. The molecule has 0 aliphatic heterocycles. The lowest BCUT2D eigenvalue weighted by molar-refractivity contribution is -0.137. The minimum Gasteiger partial charge on any atom is -0.397 e. The smallest absolute Gasteiger partial charge is 0.397 e. The quantitative estimate of drug-likeness (QED) is 0.506. The molecule has 0 radical (unpaired) electrons. The zero-order valence-corrected chi connectivity index (χ0v) is 14.8. The molecule has 146 valence electrons. The first-order valence-corrected chi connectivity index (χ1v) is 8.51. The lowest BCUT2D eigenvalue weighted by atomic mass is 10.1. The summed E-state index contributed by atoms with van der Waals surface area (Å²) in [6.07, 6.45) is -1.37. The highest BCUT2D eigenvalue weighted by Crippen LogP contribution is 2.31. The number of anilines is 2. The van der Waals surface area contributed by atoms with Crippen LogP contribution in [-0.2, 0) is 6.18 Å². The Morgan fingerprint density at radius 2 is 1.76 bits per heavy atom. The minimum absolute atomic E-state index is 0.120. The number of nitrogen functional groups attached to an aromatic ring is 1.